The van der Waals surface area contributed by atoms with Crippen LogP contribution in [0.1, 0.15) is 41.4 Å². The Hall–Kier alpha value is -3.76. The van der Waals surface area contributed by atoms with Crippen molar-refractivity contribution >= 4 is 29.4 Å². The third-order valence-electron chi connectivity index (χ3n) is 6.79. The Balaban J connectivity index is 1.28. The van der Waals surface area contributed by atoms with Gasteiger partial charge in [0.1, 0.15) is 6.04 Å². The number of aromatic nitrogens is 3. The highest BCUT2D eigenvalue weighted by Crippen LogP contribution is 2.32. The molecule has 198 valence electrons. The van der Waals surface area contributed by atoms with Crippen molar-refractivity contribution in [1.82, 2.24) is 25.2 Å². The lowest BCUT2D eigenvalue weighted by Crippen LogP contribution is -2.45. The quantitative estimate of drug-likeness (QED) is 0.449. The molecule has 3 aromatic rings. The van der Waals surface area contributed by atoms with Crippen LogP contribution in [0.15, 0.2) is 42.6 Å². The molecule has 1 saturated heterocycles. The van der Waals surface area contributed by atoms with Crippen LogP contribution in [0.4, 0.5) is 5.95 Å². The minimum Gasteiger partial charge on any atom is -0.481 e. The molecule has 4 heterocycles. The van der Waals surface area contributed by atoms with Gasteiger partial charge < -0.3 is 25.0 Å². The summed E-state index contributed by atoms with van der Waals surface area (Å²) in [7, 11) is 1.54. The van der Waals surface area contributed by atoms with Crippen LogP contribution in [0, 0.1) is 0 Å². The predicted octanol–water partition coefficient (Wildman–Crippen LogP) is 3.45. The number of fused-ring (bicyclic) bond motifs is 1. The summed E-state index contributed by atoms with van der Waals surface area (Å²) in [6.45, 7) is 3.70. The van der Waals surface area contributed by atoms with Gasteiger partial charge in [-0.2, -0.15) is 0 Å². The molecule has 2 aromatic heterocycles. The summed E-state index contributed by atoms with van der Waals surface area (Å²) in [5.41, 5.74) is 3.30. The fourth-order valence-electron chi connectivity index (χ4n) is 4.58. The van der Waals surface area contributed by atoms with Gasteiger partial charge in [0.15, 0.2) is 0 Å². The lowest BCUT2D eigenvalue weighted by Gasteiger charge is -2.23. The minimum atomic E-state index is -0.665. The SMILES string of the molecule is COc1cccc(CNC(=O)[C@@H](C)N2Cc3ccc(-c4nc(NC5CCOCC5)ncc4Cl)cc3C2=O)n1. The fraction of sp³-hybridized carbons (Fsp3) is 0.370. The van der Waals surface area contributed by atoms with E-state index in [1.165, 1.54) is 7.11 Å². The van der Waals surface area contributed by atoms with E-state index in [0.29, 0.717) is 59.1 Å². The zero-order valence-corrected chi connectivity index (χ0v) is 22.0. The Bertz CT molecular complexity index is 1350. The minimum absolute atomic E-state index is 0.213. The number of methoxy groups -OCH3 is 1. The molecule has 0 unspecified atom stereocenters. The van der Waals surface area contributed by atoms with Crippen LogP contribution in [-0.4, -0.2) is 64.1 Å². The van der Waals surface area contributed by atoms with Gasteiger partial charge in [-0.3, -0.25) is 9.59 Å². The highest BCUT2D eigenvalue weighted by molar-refractivity contribution is 6.33. The molecule has 2 aliphatic heterocycles. The predicted molar refractivity (Wildman–Crippen MR) is 142 cm³/mol. The number of nitrogens with zero attached hydrogens (tertiary/aromatic N) is 4. The van der Waals surface area contributed by atoms with Gasteiger partial charge in [0, 0.05) is 43.0 Å². The number of hydrogen-bond acceptors (Lipinski definition) is 8. The molecular formula is C27H29ClN6O4. The molecule has 0 aliphatic carbocycles. The first kappa shape index (κ1) is 25.9. The van der Waals surface area contributed by atoms with E-state index in [-0.39, 0.29) is 24.4 Å². The maximum absolute atomic E-state index is 13.3. The first-order chi connectivity index (χ1) is 18.4. The van der Waals surface area contributed by atoms with Gasteiger partial charge in [0.25, 0.3) is 5.91 Å². The van der Waals surface area contributed by atoms with E-state index in [0.717, 1.165) is 18.4 Å². The molecule has 38 heavy (non-hydrogen) atoms. The number of halogens is 1. The highest BCUT2D eigenvalue weighted by atomic mass is 35.5. The third-order valence-corrected chi connectivity index (χ3v) is 7.07. The maximum atomic E-state index is 13.3. The van der Waals surface area contributed by atoms with E-state index in [2.05, 4.69) is 25.6 Å². The van der Waals surface area contributed by atoms with Crippen LogP contribution in [0.25, 0.3) is 11.3 Å². The number of carbonyl (C=O) groups excluding carboxylic acids is 2. The molecule has 1 aromatic carbocycles. The lowest BCUT2D eigenvalue weighted by atomic mass is 10.0. The van der Waals surface area contributed by atoms with Gasteiger partial charge >= 0.3 is 0 Å². The van der Waals surface area contributed by atoms with E-state index < -0.39 is 6.04 Å². The number of rotatable bonds is 8. The number of amides is 2. The summed E-state index contributed by atoms with van der Waals surface area (Å²) < 4.78 is 10.5. The average Bonchev–Trinajstić information content (AvgIpc) is 3.28. The second-order valence-corrected chi connectivity index (χ2v) is 9.70. The van der Waals surface area contributed by atoms with Crippen molar-refractivity contribution < 1.29 is 19.1 Å². The first-order valence-corrected chi connectivity index (χ1v) is 12.9. The van der Waals surface area contributed by atoms with Crippen LogP contribution in [0.5, 0.6) is 5.88 Å². The molecular weight excluding hydrogens is 508 g/mol. The molecule has 1 fully saturated rings. The Labute approximate surface area is 225 Å². The van der Waals surface area contributed by atoms with E-state index in [4.69, 9.17) is 21.1 Å². The van der Waals surface area contributed by atoms with Crippen molar-refractivity contribution in [3.8, 4) is 17.1 Å². The summed E-state index contributed by atoms with van der Waals surface area (Å²) in [4.78, 5) is 41.0. The average molecular weight is 537 g/mol. The molecule has 1 atom stereocenters. The standard InChI is InChI=1S/C27H29ClN6O4/c1-16(25(35)29-13-20-4-3-5-23(31-20)37-2)34-15-18-7-6-17(12-21(18)26(34)36)24-22(28)14-30-27(33-24)32-19-8-10-38-11-9-19/h3-7,12,14,16,19H,8-11,13,15H2,1-2H3,(H,29,35)(H,30,32,33)/t16-/m1/s1. The molecule has 0 spiro atoms. The Morgan fingerprint density at radius 3 is 2.84 bits per heavy atom. The van der Waals surface area contributed by atoms with E-state index >= 15 is 0 Å². The second kappa shape index (κ2) is 11.3. The van der Waals surface area contributed by atoms with Crippen molar-refractivity contribution in [2.75, 3.05) is 25.6 Å². The van der Waals surface area contributed by atoms with Gasteiger partial charge in [-0.05, 0) is 37.5 Å². The highest BCUT2D eigenvalue weighted by Gasteiger charge is 2.34. The summed E-state index contributed by atoms with van der Waals surface area (Å²) in [6.07, 6.45) is 3.33. The second-order valence-electron chi connectivity index (χ2n) is 9.29. The molecule has 5 rings (SSSR count). The van der Waals surface area contributed by atoms with Crippen LogP contribution < -0.4 is 15.4 Å². The van der Waals surface area contributed by atoms with Crippen molar-refractivity contribution in [3.63, 3.8) is 0 Å². The fourth-order valence-corrected chi connectivity index (χ4v) is 4.78. The summed E-state index contributed by atoms with van der Waals surface area (Å²) in [5.74, 6) is 0.482. The number of anilines is 1. The number of pyridine rings is 1. The largest absolute Gasteiger partial charge is 0.481 e. The zero-order valence-electron chi connectivity index (χ0n) is 21.2. The Morgan fingerprint density at radius 1 is 1.24 bits per heavy atom. The number of ether oxygens (including phenoxy) is 2. The van der Waals surface area contributed by atoms with Crippen molar-refractivity contribution in [3.05, 3.63) is 64.4 Å². The van der Waals surface area contributed by atoms with Gasteiger partial charge in [-0.15, -0.1) is 0 Å². The molecule has 11 heteroatoms. The molecule has 2 aliphatic rings. The first-order valence-electron chi connectivity index (χ1n) is 12.5. The number of benzene rings is 1. The number of hydrogen-bond donors (Lipinski definition) is 2. The monoisotopic (exact) mass is 536 g/mol. The van der Waals surface area contributed by atoms with Crippen LogP contribution in [0.3, 0.4) is 0 Å². The Morgan fingerprint density at radius 2 is 2.05 bits per heavy atom. The van der Waals surface area contributed by atoms with E-state index in [1.807, 2.05) is 18.2 Å². The summed E-state index contributed by atoms with van der Waals surface area (Å²) in [5, 5.41) is 6.60. The molecule has 0 saturated carbocycles. The normalized spacial score (nSPS) is 16.2. The van der Waals surface area contributed by atoms with Crippen molar-refractivity contribution in [2.24, 2.45) is 0 Å². The molecule has 0 bridgehead atoms. The van der Waals surface area contributed by atoms with E-state index in [9.17, 15) is 9.59 Å². The van der Waals surface area contributed by atoms with Crippen LogP contribution in [-0.2, 0) is 22.6 Å². The van der Waals surface area contributed by atoms with Gasteiger partial charge in [-0.25, -0.2) is 15.0 Å². The zero-order chi connectivity index (χ0) is 26.6. The summed E-state index contributed by atoms with van der Waals surface area (Å²) in [6, 6.07) is 10.5. The maximum Gasteiger partial charge on any atom is 0.255 e. The van der Waals surface area contributed by atoms with Crippen LogP contribution in [0.2, 0.25) is 5.02 Å². The van der Waals surface area contributed by atoms with Gasteiger partial charge in [0.2, 0.25) is 17.7 Å². The van der Waals surface area contributed by atoms with Gasteiger partial charge in [-0.1, -0.05) is 29.8 Å². The smallest absolute Gasteiger partial charge is 0.255 e. The topological polar surface area (TPSA) is 119 Å². The Kier molecular flexibility index (Phi) is 7.71. The van der Waals surface area contributed by atoms with Crippen molar-refractivity contribution in [1.29, 1.82) is 0 Å². The van der Waals surface area contributed by atoms with E-state index in [1.54, 1.807) is 36.2 Å². The van der Waals surface area contributed by atoms with Crippen LogP contribution >= 0.6 is 11.6 Å². The lowest BCUT2D eigenvalue weighted by molar-refractivity contribution is -0.125. The molecule has 2 N–H and O–H groups in total. The number of carbonyl (C=O) groups is 2. The molecule has 10 nitrogen and oxygen atoms in total. The van der Waals surface area contributed by atoms with Gasteiger partial charge in [0.05, 0.1) is 36.3 Å². The summed E-state index contributed by atoms with van der Waals surface area (Å²) >= 11 is 6.45. The molecule has 2 amide bonds. The number of nitrogens with one attached hydrogen (secondary N) is 2. The molecule has 0 radical (unpaired) electrons. The van der Waals surface area contributed by atoms with Crippen molar-refractivity contribution in [2.45, 2.75) is 44.9 Å². The third kappa shape index (κ3) is 5.56.